The number of ether oxygens (including phenoxy) is 1. The molecule has 1 aromatic carbocycles. The highest BCUT2D eigenvalue weighted by Crippen LogP contribution is 2.28. The number of nitrogens with zero attached hydrogens (tertiary/aromatic N) is 1. The van der Waals surface area contributed by atoms with Crippen molar-refractivity contribution in [1.82, 2.24) is 5.32 Å². The van der Waals surface area contributed by atoms with Crippen LogP contribution in [-0.2, 0) is 11.3 Å². The normalized spacial score (nSPS) is 23.1. The van der Waals surface area contributed by atoms with Crippen LogP contribution in [0.1, 0.15) is 31.7 Å². The predicted molar refractivity (Wildman–Crippen MR) is 78.5 cm³/mol. The lowest BCUT2D eigenvalue weighted by Crippen LogP contribution is -2.45. The number of hydrogen-bond acceptors (Lipinski definition) is 3. The number of nitrogens with one attached hydrogen (secondary N) is 1. The van der Waals surface area contributed by atoms with Crippen molar-refractivity contribution in [2.45, 2.75) is 44.8 Å². The van der Waals surface area contributed by atoms with Crippen molar-refractivity contribution in [3.8, 4) is 0 Å². The van der Waals surface area contributed by atoms with Crippen molar-refractivity contribution < 1.29 is 9.13 Å². The fraction of sp³-hybridized carbons (Fsp3) is 0.625. The van der Waals surface area contributed by atoms with E-state index in [2.05, 4.69) is 17.1 Å². The third kappa shape index (κ3) is 2.96. The van der Waals surface area contributed by atoms with Gasteiger partial charge in [0.15, 0.2) is 0 Å². The minimum atomic E-state index is -0.100. The molecule has 0 amide bonds. The van der Waals surface area contributed by atoms with Crippen LogP contribution >= 0.6 is 0 Å². The van der Waals surface area contributed by atoms with Crippen molar-refractivity contribution in [3.05, 3.63) is 29.6 Å². The summed E-state index contributed by atoms with van der Waals surface area (Å²) in [7, 11) is 0. The summed E-state index contributed by atoms with van der Waals surface area (Å²) in [6.45, 7) is 5.09. The molecule has 1 saturated carbocycles. The molecule has 1 N–H and O–H groups in total. The summed E-state index contributed by atoms with van der Waals surface area (Å²) in [5.41, 5.74) is 1.84. The molecule has 110 valence electrons. The molecule has 4 heteroatoms. The van der Waals surface area contributed by atoms with Gasteiger partial charge in [0, 0.05) is 30.4 Å². The molecule has 1 aromatic rings. The van der Waals surface area contributed by atoms with Gasteiger partial charge in [0.25, 0.3) is 0 Å². The van der Waals surface area contributed by atoms with E-state index < -0.39 is 0 Å². The number of anilines is 1. The lowest BCUT2D eigenvalue weighted by Gasteiger charge is -2.38. The van der Waals surface area contributed by atoms with Crippen molar-refractivity contribution in [2.24, 2.45) is 0 Å². The van der Waals surface area contributed by atoms with Crippen LogP contribution in [0.4, 0.5) is 10.1 Å². The first-order chi connectivity index (χ1) is 9.79. The molecule has 3 nitrogen and oxygen atoms in total. The third-order valence-electron chi connectivity index (χ3n) is 4.25. The number of morpholine rings is 1. The van der Waals surface area contributed by atoms with E-state index >= 15 is 0 Å². The number of halogens is 1. The van der Waals surface area contributed by atoms with Crippen LogP contribution < -0.4 is 10.2 Å². The summed E-state index contributed by atoms with van der Waals surface area (Å²) in [4.78, 5) is 2.32. The Balaban J connectivity index is 1.84. The van der Waals surface area contributed by atoms with Gasteiger partial charge in [-0.25, -0.2) is 4.39 Å². The van der Waals surface area contributed by atoms with Crippen LogP contribution in [0.2, 0.25) is 0 Å². The van der Waals surface area contributed by atoms with Gasteiger partial charge in [0.05, 0.1) is 19.3 Å². The minimum Gasteiger partial charge on any atom is -0.377 e. The molecule has 2 aliphatic rings. The average molecular weight is 278 g/mol. The van der Waals surface area contributed by atoms with E-state index in [1.165, 1.54) is 12.8 Å². The van der Waals surface area contributed by atoms with Crippen molar-refractivity contribution >= 4 is 5.69 Å². The van der Waals surface area contributed by atoms with E-state index in [9.17, 15) is 4.39 Å². The fourth-order valence-electron chi connectivity index (χ4n) is 2.84. The van der Waals surface area contributed by atoms with Gasteiger partial charge < -0.3 is 15.0 Å². The Hall–Kier alpha value is -1.13. The molecular weight excluding hydrogens is 255 g/mol. The van der Waals surface area contributed by atoms with Gasteiger partial charge >= 0.3 is 0 Å². The van der Waals surface area contributed by atoms with Crippen LogP contribution in [0.25, 0.3) is 0 Å². The maximum Gasteiger partial charge on any atom is 0.129 e. The van der Waals surface area contributed by atoms with Gasteiger partial charge in [-0.15, -0.1) is 0 Å². The lowest BCUT2D eigenvalue weighted by molar-refractivity contribution is 0.0928. The summed E-state index contributed by atoms with van der Waals surface area (Å²) in [5.74, 6) is -0.100. The third-order valence-corrected chi connectivity index (χ3v) is 4.25. The average Bonchev–Trinajstić information content (AvgIpc) is 3.30. The number of rotatable bonds is 5. The quantitative estimate of drug-likeness (QED) is 0.896. The molecule has 0 bridgehead atoms. The maximum atomic E-state index is 14.2. The number of benzene rings is 1. The summed E-state index contributed by atoms with van der Waals surface area (Å²) >= 11 is 0. The zero-order chi connectivity index (χ0) is 13.9. The second-order valence-electron chi connectivity index (χ2n) is 5.72. The van der Waals surface area contributed by atoms with Gasteiger partial charge in [-0.2, -0.15) is 0 Å². The molecule has 3 rings (SSSR count). The van der Waals surface area contributed by atoms with Gasteiger partial charge in [-0.3, -0.25) is 0 Å². The van der Waals surface area contributed by atoms with Crippen LogP contribution in [0, 0.1) is 5.82 Å². The monoisotopic (exact) mass is 278 g/mol. The Morgan fingerprint density at radius 2 is 2.25 bits per heavy atom. The Labute approximate surface area is 120 Å². The largest absolute Gasteiger partial charge is 0.377 e. The molecule has 1 unspecified atom stereocenters. The summed E-state index contributed by atoms with van der Waals surface area (Å²) in [5, 5.41) is 3.43. The zero-order valence-electron chi connectivity index (χ0n) is 12.1. The van der Waals surface area contributed by atoms with Crippen molar-refractivity contribution in [1.29, 1.82) is 0 Å². The molecule has 0 aromatic heterocycles. The Bertz CT molecular complexity index is 462. The molecule has 1 aliphatic heterocycles. The second-order valence-corrected chi connectivity index (χ2v) is 5.72. The first-order valence-electron chi connectivity index (χ1n) is 7.64. The molecule has 1 saturated heterocycles. The SMILES string of the molecule is CCC1COCCN1c1cccc(F)c1CNC1CC1. The van der Waals surface area contributed by atoms with E-state index in [1.807, 2.05) is 12.1 Å². The Morgan fingerprint density at radius 1 is 1.40 bits per heavy atom. The van der Waals surface area contributed by atoms with E-state index in [4.69, 9.17) is 4.74 Å². The molecule has 1 atom stereocenters. The van der Waals surface area contributed by atoms with E-state index in [-0.39, 0.29) is 5.82 Å². The molecule has 2 fully saturated rings. The van der Waals surface area contributed by atoms with Crippen LogP contribution in [0.3, 0.4) is 0 Å². The first-order valence-corrected chi connectivity index (χ1v) is 7.64. The Kier molecular flexibility index (Phi) is 4.22. The molecular formula is C16H23FN2O. The highest BCUT2D eigenvalue weighted by molar-refractivity contribution is 5.55. The highest BCUT2D eigenvalue weighted by Gasteiger charge is 2.26. The van der Waals surface area contributed by atoms with E-state index in [0.717, 1.165) is 37.4 Å². The zero-order valence-corrected chi connectivity index (χ0v) is 12.1. The Morgan fingerprint density at radius 3 is 3.00 bits per heavy atom. The smallest absolute Gasteiger partial charge is 0.129 e. The summed E-state index contributed by atoms with van der Waals surface area (Å²) in [6, 6.07) is 6.36. The van der Waals surface area contributed by atoms with Crippen LogP contribution in [0.5, 0.6) is 0 Å². The van der Waals surface area contributed by atoms with Crippen molar-refractivity contribution in [2.75, 3.05) is 24.7 Å². The predicted octanol–water partition coefficient (Wildman–Crippen LogP) is 2.69. The molecule has 0 radical (unpaired) electrons. The molecule has 1 aliphatic carbocycles. The molecule has 20 heavy (non-hydrogen) atoms. The maximum absolute atomic E-state index is 14.2. The first kappa shape index (κ1) is 13.8. The minimum absolute atomic E-state index is 0.100. The summed E-state index contributed by atoms with van der Waals surface area (Å²) in [6.07, 6.45) is 3.46. The topological polar surface area (TPSA) is 24.5 Å². The van der Waals surface area contributed by atoms with E-state index in [1.54, 1.807) is 6.07 Å². The van der Waals surface area contributed by atoms with E-state index in [0.29, 0.717) is 18.6 Å². The standard InChI is InChI=1S/C16H23FN2O/c1-2-13-11-20-9-8-19(13)16-5-3-4-15(17)14(16)10-18-12-6-7-12/h3-5,12-13,18H,2,6-11H2,1H3. The highest BCUT2D eigenvalue weighted by atomic mass is 19.1. The fourth-order valence-corrected chi connectivity index (χ4v) is 2.84. The van der Waals surface area contributed by atoms with Gasteiger partial charge in [0.1, 0.15) is 5.82 Å². The van der Waals surface area contributed by atoms with Gasteiger partial charge in [-0.1, -0.05) is 13.0 Å². The molecule has 1 heterocycles. The summed E-state index contributed by atoms with van der Waals surface area (Å²) < 4.78 is 19.8. The van der Waals surface area contributed by atoms with Gasteiger partial charge in [0.2, 0.25) is 0 Å². The van der Waals surface area contributed by atoms with Crippen molar-refractivity contribution in [3.63, 3.8) is 0 Å². The molecule has 0 spiro atoms. The lowest BCUT2D eigenvalue weighted by atomic mass is 10.1. The second kappa shape index (κ2) is 6.10. The number of hydrogen-bond donors (Lipinski definition) is 1. The van der Waals surface area contributed by atoms with Crippen LogP contribution in [0.15, 0.2) is 18.2 Å². The van der Waals surface area contributed by atoms with Crippen LogP contribution in [-0.4, -0.2) is 31.8 Å². The van der Waals surface area contributed by atoms with Gasteiger partial charge in [-0.05, 0) is 31.4 Å².